The molecule has 0 saturated heterocycles. The zero-order chi connectivity index (χ0) is 19.9. The second kappa shape index (κ2) is 11.1. The maximum atomic E-state index is 12.0. The van der Waals surface area contributed by atoms with Crippen molar-refractivity contribution in [2.75, 3.05) is 20.2 Å². The molecular formula is C21H31IN4O2. The van der Waals surface area contributed by atoms with Crippen molar-refractivity contribution >= 4 is 46.6 Å². The Bertz CT molecular complexity index is 816. The largest absolute Gasteiger partial charge is 0.497 e. The smallest absolute Gasteiger partial charge is 0.239 e. The second-order valence-corrected chi connectivity index (χ2v) is 7.39. The number of hydrogen-bond acceptors (Lipinski definition) is 3. The van der Waals surface area contributed by atoms with Crippen molar-refractivity contribution in [2.45, 2.75) is 39.8 Å². The first-order valence-corrected chi connectivity index (χ1v) is 9.20. The molecule has 2 rings (SSSR count). The van der Waals surface area contributed by atoms with Gasteiger partial charge in [-0.3, -0.25) is 4.79 Å². The number of halogens is 1. The van der Waals surface area contributed by atoms with Gasteiger partial charge in [0.05, 0.1) is 20.2 Å². The summed E-state index contributed by atoms with van der Waals surface area (Å²) < 4.78 is 5.26. The minimum Gasteiger partial charge on any atom is -0.497 e. The molecule has 0 heterocycles. The summed E-state index contributed by atoms with van der Waals surface area (Å²) in [5.74, 6) is 1.41. The van der Waals surface area contributed by atoms with Crippen LogP contribution in [0.2, 0.25) is 0 Å². The number of carbonyl (C=O) groups excluding carboxylic acids is 1. The van der Waals surface area contributed by atoms with Gasteiger partial charge in [0.25, 0.3) is 0 Å². The average Bonchev–Trinajstić information content (AvgIpc) is 2.62. The van der Waals surface area contributed by atoms with Gasteiger partial charge in [-0.05, 0) is 62.2 Å². The van der Waals surface area contributed by atoms with Crippen molar-refractivity contribution < 1.29 is 9.53 Å². The highest BCUT2D eigenvalue weighted by Gasteiger charge is 2.13. The summed E-state index contributed by atoms with van der Waals surface area (Å²) in [6.07, 6.45) is 0. The number of carbonyl (C=O) groups is 1. The molecule has 0 aromatic heterocycles. The third-order valence-corrected chi connectivity index (χ3v) is 3.81. The molecule has 154 valence electrons. The van der Waals surface area contributed by atoms with Gasteiger partial charge in [-0.2, -0.15) is 0 Å². The number of ether oxygens (including phenoxy) is 1. The van der Waals surface area contributed by atoms with Crippen LogP contribution in [-0.2, 0) is 11.3 Å². The highest BCUT2D eigenvalue weighted by atomic mass is 127. The molecule has 1 amide bonds. The highest BCUT2D eigenvalue weighted by Crippen LogP contribution is 2.22. The molecule has 0 radical (unpaired) electrons. The van der Waals surface area contributed by atoms with E-state index in [4.69, 9.17) is 4.74 Å². The van der Waals surface area contributed by atoms with Crippen LogP contribution in [-0.4, -0.2) is 37.6 Å². The summed E-state index contributed by atoms with van der Waals surface area (Å²) in [5, 5.41) is 11.4. The number of rotatable bonds is 6. The number of methoxy groups -OCH3 is 1. The van der Waals surface area contributed by atoms with Gasteiger partial charge < -0.3 is 20.7 Å². The van der Waals surface area contributed by atoms with Crippen LogP contribution >= 0.6 is 24.0 Å². The van der Waals surface area contributed by atoms with Crippen molar-refractivity contribution in [3.63, 3.8) is 0 Å². The molecule has 0 aliphatic rings. The van der Waals surface area contributed by atoms with E-state index in [2.05, 4.69) is 39.1 Å². The van der Waals surface area contributed by atoms with Gasteiger partial charge in [-0.1, -0.05) is 18.2 Å². The van der Waals surface area contributed by atoms with Gasteiger partial charge in [0.1, 0.15) is 5.75 Å². The van der Waals surface area contributed by atoms with Crippen LogP contribution in [0.4, 0.5) is 0 Å². The van der Waals surface area contributed by atoms with Gasteiger partial charge in [0, 0.05) is 12.1 Å². The summed E-state index contributed by atoms with van der Waals surface area (Å²) in [6, 6.07) is 12.3. The van der Waals surface area contributed by atoms with Crippen LogP contribution in [0.3, 0.4) is 0 Å². The molecule has 2 aromatic rings. The van der Waals surface area contributed by atoms with E-state index in [1.165, 1.54) is 0 Å². The Morgan fingerprint density at radius 3 is 2.39 bits per heavy atom. The maximum absolute atomic E-state index is 12.0. The van der Waals surface area contributed by atoms with Gasteiger partial charge in [-0.15, -0.1) is 24.0 Å². The van der Waals surface area contributed by atoms with Crippen molar-refractivity contribution in [1.82, 2.24) is 16.0 Å². The van der Waals surface area contributed by atoms with E-state index in [1.54, 1.807) is 7.11 Å². The molecule has 0 bridgehead atoms. The average molecular weight is 498 g/mol. The Balaban J connectivity index is 0.00000392. The molecule has 6 nitrogen and oxygen atoms in total. The van der Waals surface area contributed by atoms with E-state index < -0.39 is 0 Å². The Hall–Kier alpha value is -2.03. The Kier molecular flexibility index (Phi) is 9.51. The van der Waals surface area contributed by atoms with E-state index >= 15 is 0 Å². The van der Waals surface area contributed by atoms with Crippen LogP contribution in [0, 0.1) is 0 Å². The molecule has 0 aliphatic heterocycles. The summed E-state index contributed by atoms with van der Waals surface area (Å²) in [5.41, 5.74) is 0.853. The van der Waals surface area contributed by atoms with E-state index in [1.807, 2.05) is 45.9 Å². The third-order valence-electron chi connectivity index (χ3n) is 3.81. The predicted molar refractivity (Wildman–Crippen MR) is 127 cm³/mol. The van der Waals surface area contributed by atoms with Crippen LogP contribution < -0.4 is 20.7 Å². The lowest BCUT2D eigenvalue weighted by atomic mass is 10.1. The van der Waals surface area contributed by atoms with Crippen LogP contribution in [0.1, 0.15) is 33.3 Å². The SMILES string of the molecule is CCNC(=NCc1ccc2cc(OC)ccc2c1)NCC(=O)NC(C)(C)C.I. The Morgan fingerprint density at radius 2 is 1.75 bits per heavy atom. The molecule has 7 heteroatoms. The lowest BCUT2D eigenvalue weighted by Gasteiger charge is -2.21. The molecule has 0 spiro atoms. The topological polar surface area (TPSA) is 74.8 Å². The fraction of sp³-hybridized carbons (Fsp3) is 0.429. The lowest BCUT2D eigenvalue weighted by molar-refractivity contribution is -0.121. The highest BCUT2D eigenvalue weighted by molar-refractivity contribution is 14.0. The monoisotopic (exact) mass is 498 g/mol. The number of benzene rings is 2. The summed E-state index contributed by atoms with van der Waals surface area (Å²) >= 11 is 0. The summed E-state index contributed by atoms with van der Waals surface area (Å²) in [6.45, 7) is 9.30. The van der Waals surface area contributed by atoms with Crippen molar-refractivity contribution in [2.24, 2.45) is 4.99 Å². The van der Waals surface area contributed by atoms with E-state index in [-0.39, 0.29) is 42.0 Å². The van der Waals surface area contributed by atoms with E-state index in [0.717, 1.165) is 28.6 Å². The lowest BCUT2D eigenvalue weighted by Crippen LogP contribution is -2.48. The molecule has 2 aromatic carbocycles. The third kappa shape index (κ3) is 7.92. The molecule has 0 aliphatic carbocycles. The number of amides is 1. The quantitative estimate of drug-likeness (QED) is 0.324. The minimum atomic E-state index is -0.248. The van der Waals surface area contributed by atoms with Crippen molar-refractivity contribution in [3.8, 4) is 5.75 Å². The van der Waals surface area contributed by atoms with Gasteiger partial charge >= 0.3 is 0 Å². The summed E-state index contributed by atoms with van der Waals surface area (Å²) in [7, 11) is 1.67. The van der Waals surface area contributed by atoms with Gasteiger partial charge in [0.15, 0.2) is 5.96 Å². The van der Waals surface area contributed by atoms with Crippen LogP contribution in [0.5, 0.6) is 5.75 Å². The van der Waals surface area contributed by atoms with E-state index in [9.17, 15) is 4.79 Å². The van der Waals surface area contributed by atoms with Crippen molar-refractivity contribution in [3.05, 3.63) is 42.0 Å². The molecule has 0 atom stereocenters. The number of guanidine groups is 1. The first-order chi connectivity index (χ1) is 12.8. The predicted octanol–water partition coefficient (Wildman–Crippen LogP) is 3.44. The Labute approximate surface area is 184 Å². The Morgan fingerprint density at radius 1 is 1.07 bits per heavy atom. The van der Waals surface area contributed by atoms with E-state index in [0.29, 0.717) is 12.5 Å². The molecule has 0 saturated carbocycles. The first-order valence-electron chi connectivity index (χ1n) is 9.20. The summed E-state index contributed by atoms with van der Waals surface area (Å²) in [4.78, 5) is 16.6. The van der Waals surface area contributed by atoms with Crippen LogP contribution in [0.25, 0.3) is 10.8 Å². The standard InChI is InChI=1S/C21H30N4O2.HI/c1-6-22-20(24-14-19(26)25-21(2,3)4)23-13-15-7-8-17-12-18(27-5)10-9-16(17)11-15;/h7-12H,6,13-14H2,1-5H3,(H,25,26)(H2,22,23,24);1H. The number of nitrogens with one attached hydrogen (secondary N) is 3. The van der Waals surface area contributed by atoms with Gasteiger partial charge in [-0.25, -0.2) is 4.99 Å². The number of fused-ring (bicyclic) bond motifs is 1. The fourth-order valence-electron chi connectivity index (χ4n) is 2.64. The normalized spacial score (nSPS) is 11.5. The molecule has 0 unspecified atom stereocenters. The first kappa shape index (κ1) is 24.0. The zero-order valence-electron chi connectivity index (χ0n) is 17.3. The molecule has 28 heavy (non-hydrogen) atoms. The number of nitrogens with zero attached hydrogens (tertiary/aromatic N) is 1. The van der Waals surface area contributed by atoms with Crippen LogP contribution in [0.15, 0.2) is 41.4 Å². The molecule has 0 fully saturated rings. The molecule has 3 N–H and O–H groups in total. The number of hydrogen-bond donors (Lipinski definition) is 3. The van der Waals surface area contributed by atoms with Crippen molar-refractivity contribution in [1.29, 1.82) is 0 Å². The number of aliphatic imine (C=N–C) groups is 1. The second-order valence-electron chi connectivity index (χ2n) is 7.39. The fourth-order valence-corrected chi connectivity index (χ4v) is 2.64. The zero-order valence-corrected chi connectivity index (χ0v) is 19.6. The maximum Gasteiger partial charge on any atom is 0.239 e. The molecular weight excluding hydrogens is 467 g/mol. The minimum absolute atomic E-state index is 0. The van der Waals surface area contributed by atoms with Gasteiger partial charge in [0.2, 0.25) is 5.91 Å².